The van der Waals surface area contributed by atoms with Crippen molar-refractivity contribution >= 4 is 10.0 Å². The summed E-state index contributed by atoms with van der Waals surface area (Å²) in [7, 11) is -2.43. The summed E-state index contributed by atoms with van der Waals surface area (Å²) in [6.07, 6.45) is 1.14. The van der Waals surface area contributed by atoms with Crippen LogP contribution < -0.4 is 5.32 Å². The summed E-state index contributed by atoms with van der Waals surface area (Å²) in [4.78, 5) is -0.234. The normalized spacial score (nSPS) is 16.4. The molecule has 0 saturated carbocycles. The Morgan fingerprint density at radius 1 is 1.04 bits per heavy atom. The number of halogens is 3. The van der Waals surface area contributed by atoms with Crippen LogP contribution in [0.5, 0.6) is 0 Å². The maximum Gasteiger partial charge on any atom is 0.268 e. The number of hydrogen-bond donors (Lipinski definition) is 1. The molecule has 1 N–H and O–H groups in total. The van der Waals surface area contributed by atoms with Gasteiger partial charge >= 0.3 is 0 Å². The molecule has 0 amide bonds. The molecule has 146 valence electrons. The minimum absolute atomic E-state index is 0.0365. The van der Waals surface area contributed by atoms with E-state index >= 15 is 0 Å². The molecule has 1 aliphatic rings. The number of aromatic nitrogens is 1. The molecule has 1 aromatic heterocycles. The molecule has 0 spiro atoms. The first-order valence-corrected chi connectivity index (χ1v) is 10.2. The fraction of sp³-hybridized carbons (Fsp3) is 0.200. The molecule has 0 aliphatic heterocycles. The standard InChI is InChI=1S/C20H17F3N2O2S/c1-24-18-7-8-19-16(18)11-20(15-6-5-13(22)10-17(15)23)25(19)28(26,27)14-4-2-3-12(21)9-14/h2-6,9-11,18,24H,7-8H2,1H3. The van der Waals surface area contributed by atoms with E-state index in [1.807, 2.05) is 0 Å². The number of nitrogens with one attached hydrogen (secondary N) is 1. The molecule has 0 saturated heterocycles. The second-order valence-electron chi connectivity index (χ2n) is 6.66. The smallest absolute Gasteiger partial charge is 0.268 e. The molecule has 0 bridgehead atoms. The van der Waals surface area contributed by atoms with E-state index in [4.69, 9.17) is 0 Å². The summed E-state index contributed by atoms with van der Waals surface area (Å²) in [6, 6.07) is 9.20. The Labute approximate surface area is 160 Å². The van der Waals surface area contributed by atoms with E-state index in [2.05, 4.69) is 5.32 Å². The van der Waals surface area contributed by atoms with E-state index in [0.717, 1.165) is 27.7 Å². The molecule has 1 aliphatic carbocycles. The van der Waals surface area contributed by atoms with Crippen LogP contribution in [0.3, 0.4) is 0 Å². The lowest BCUT2D eigenvalue weighted by Gasteiger charge is -2.14. The van der Waals surface area contributed by atoms with Crippen LogP contribution in [-0.4, -0.2) is 19.4 Å². The maximum absolute atomic E-state index is 14.5. The van der Waals surface area contributed by atoms with Crippen molar-refractivity contribution in [3.8, 4) is 11.3 Å². The fourth-order valence-corrected chi connectivity index (χ4v) is 5.35. The molecule has 1 heterocycles. The topological polar surface area (TPSA) is 51.1 Å². The van der Waals surface area contributed by atoms with Crippen LogP contribution in [0.1, 0.15) is 23.7 Å². The summed E-state index contributed by atoms with van der Waals surface area (Å²) in [6.45, 7) is 0. The number of nitrogens with zero attached hydrogens (tertiary/aromatic N) is 1. The van der Waals surface area contributed by atoms with Gasteiger partial charge in [0.2, 0.25) is 0 Å². The molecule has 2 aromatic carbocycles. The summed E-state index contributed by atoms with van der Waals surface area (Å²) in [5, 5.41) is 3.11. The van der Waals surface area contributed by atoms with Crippen molar-refractivity contribution in [2.75, 3.05) is 7.05 Å². The number of hydrogen-bond acceptors (Lipinski definition) is 3. The van der Waals surface area contributed by atoms with Gasteiger partial charge in [0.15, 0.2) is 0 Å². The summed E-state index contributed by atoms with van der Waals surface area (Å²) in [5.41, 5.74) is 1.31. The summed E-state index contributed by atoms with van der Waals surface area (Å²) >= 11 is 0. The fourth-order valence-electron chi connectivity index (χ4n) is 3.73. The van der Waals surface area contributed by atoms with E-state index in [9.17, 15) is 21.6 Å². The van der Waals surface area contributed by atoms with E-state index < -0.39 is 27.5 Å². The number of benzene rings is 2. The number of fused-ring (bicyclic) bond motifs is 1. The third kappa shape index (κ3) is 2.93. The van der Waals surface area contributed by atoms with Crippen molar-refractivity contribution < 1.29 is 21.6 Å². The molecule has 8 heteroatoms. The highest BCUT2D eigenvalue weighted by Crippen LogP contribution is 2.40. The van der Waals surface area contributed by atoms with Crippen LogP contribution in [0.2, 0.25) is 0 Å². The van der Waals surface area contributed by atoms with Gasteiger partial charge < -0.3 is 5.32 Å². The zero-order valence-electron chi connectivity index (χ0n) is 14.9. The van der Waals surface area contributed by atoms with E-state index in [1.165, 1.54) is 18.2 Å². The lowest BCUT2D eigenvalue weighted by Crippen LogP contribution is -2.17. The quantitative estimate of drug-likeness (QED) is 0.712. The van der Waals surface area contributed by atoms with Gasteiger partial charge in [-0.1, -0.05) is 6.07 Å². The molecule has 4 rings (SSSR count). The van der Waals surface area contributed by atoms with Gasteiger partial charge in [0.05, 0.1) is 10.6 Å². The molecule has 3 aromatic rings. The minimum Gasteiger partial charge on any atom is -0.313 e. The predicted octanol–water partition coefficient (Wildman–Crippen LogP) is 4.02. The molecule has 1 atom stereocenters. The Morgan fingerprint density at radius 3 is 2.46 bits per heavy atom. The lowest BCUT2D eigenvalue weighted by atomic mass is 10.1. The Bertz CT molecular complexity index is 1170. The van der Waals surface area contributed by atoms with Gasteiger partial charge in [0.25, 0.3) is 10.0 Å². The van der Waals surface area contributed by atoms with Crippen molar-refractivity contribution in [3.63, 3.8) is 0 Å². The van der Waals surface area contributed by atoms with Gasteiger partial charge in [-0.15, -0.1) is 0 Å². The van der Waals surface area contributed by atoms with Crippen molar-refractivity contribution in [1.29, 1.82) is 0 Å². The second kappa shape index (κ2) is 6.79. The largest absolute Gasteiger partial charge is 0.313 e. The van der Waals surface area contributed by atoms with Gasteiger partial charge in [-0.25, -0.2) is 25.6 Å². The van der Waals surface area contributed by atoms with Crippen LogP contribution in [0.15, 0.2) is 53.4 Å². The van der Waals surface area contributed by atoms with Crippen LogP contribution in [0, 0.1) is 17.5 Å². The maximum atomic E-state index is 14.5. The van der Waals surface area contributed by atoms with Gasteiger partial charge in [-0.3, -0.25) is 0 Å². The third-order valence-electron chi connectivity index (χ3n) is 5.02. The molecule has 4 nitrogen and oxygen atoms in total. The molecule has 0 fully saturated rings. The van der Waals surface area contributed by atoms with Crippen molar-refractivity contribution in [1.82, 2.24) is 9.29 Å². The molecular weight excluding hydrogens is 389 g/mol. The van der Waals surface area contributed by atoms with E-state index in [0.29, 0.717) is 24.6 Å². The minimum atomic E-state index is -4.19. The van der Waals surface area contributed by atoms with Crippen LogP contribution in [-0.2, 0) is 16.4 Å². The first-order valence-electron chi connectivity index (χ1n) is 8.71. The zero-order chi connectivity index (χ0) is 20.1. The SMILES string of the molecule is CNC1CCc2c1cc(-c1ccc(F)cc1F)n2S(=O)(=O)c1cccc(F)c1. The van der Waals surface area contributed by atoms with Crippen molar-refractivity contribution in [3.05, 3.63) is 77.2 Å². The molecular formula is C20H17F3N2O2S. The third-order valence-corrected chi connectivity index (χ3v) is 6.77. The van der Waals surface area contributed by atoms with Crippen molar-refractivity contribution in [2.45, 2.75) is 23.8 Å². The molecule has 1 unspecified atom stereocenters. The highest BCUT2D eigenvalue weighted by Gasteiger charge is 2.33. The summed E-state index contributed by atoms with van der Waals surface area (Å²) < 4.78 is 69.3. The second-order valence-corrected chi connectivity index (χ2v) is 8.45. The average molecular weight is 406 g/mol. The van der Waals surface area contributed by atoms with Crippen LogP contribution in [0.4, 0.5) is 13.2 Å². The van der Waals surface area contributed by atoms with Crippen LogP contribution >= 0.6 is 0 Å². The first-order chi connectivity index (χ1) is 13.3. The highest BCUT2D eigenvalue weighted by atomic mass is 32.2. The van der Waals surface area contributed by atoms with E-state index in [1.54, 1.807) is 13.1 Å². The van der Waals surface area contributed by atoms with Crippen LogP contribution in [0.25, 0.3) is 11.3 Å². The summed E-state index contributed by atoms with van der Waals surface area (Å²) in [5.74, 6) is -2.31. The monoisotopic (exact) mass is 406 g/mol. The van der Waals surface area contributed by atoms with Gasteiger partial charge in [-0.05, 0) is 61.9 Å². The van der Waals surface area contributed by atoms with Gasteiger partial charge in [0, 0.05) is 23.4 Å². The highest BCUT2D eigenvalue weighted by molar-refractivity contribution is 7.90. The zero-order valence-corrected chi connectivity index (χ0v) is 15.7. The number of rotatable bonds is 4. The Morgan fingerprint density at radius 2 is 1.79 bits per heavy atom. The van der Waals surface area contributed by atoms with E-state index in [-0.39, 0.29) is 22.2 Å². The predicted molar refractivity (Wildman–Crippen MR) is 98.9 cm³/mol. The lowest BCUT2D eigenvalue weighted by molar-refractivity contribution is 0.576. The average Bonchev–Trinajstić information content (AvgIpc) is 3.20. The van der Waals surface area contributed by atoms with Crippen molar-refractivity contribution in [2.24, 2.45) is 0 Å². The Hall–Kier alpha value is -2.58. The first kappa shape index (κ1) is 18.8. The Balaban J connectivity index is 2.01. The Kier molecular flexibility index (Phi) is 4.55. The molecule has 28 heavy (non-hydrogen) atoms. The van der Waals surface area contributed by atoms with Gasteiger partial charge in [0.1, 0.15) is 17.5 Å². The molecule has 0 radical (unpaired) electrons. The van der Waals surface area contributed by atoms with Gasteiger partial charge in [-0.2, -0.15) is 0 Å².